The number of halogens is 1. The number of carbonyl (C=O) groups is 2. The summed E-state index contributed by atoms with van der Waals surface area (Å²) in [5, 5.41) is 2.82. The molecule has 2 rings (SSSR count). The van der Waals surface area contributed by atoms with Crippen LogP contribution in [0.1, 0.15) is 11.1 Å². The Balaban J connectivity index is 2.51. The van der Waals surface area contributed by atoms with Crippen molar-refractivity contribution >= 4 is 29.0 Å². The van der Waals surface area contributed by atoms with E-state index in [2.05, 4.69) is 5.32 Å². The number of carbonyl (C=O) groups excluding carboxylic acids is 2. The molecule has 0 aromatic heterocycles. The molecule has 0 atom stereocenters. The molecular weight excluding hydrogens is 214 g/mol. The minimum absolute atomic E-state index is 0.356. The second kappa shape index (κ2) is 3.51. The van der Waals surface area contributed by atoms with E-state index in [9.17, 15) is 9.59 Å². The van der Waals surface area contributed by atoms with E-state index in [-0.39, 0.29) is 11.8 Å². The first kappa shape index (κ1) is 9.93. The fraction of sp³-hybridized carbons (Fsp3) is 0.0909. The van der Waals surface area contributed by atoms with E-state index in [4.69, 9.17) is 11.6 Å². The molecule has 1 heterocycles. The maximum absolute atomic E-state index is 11.4. The van der Waals surface area contributed by atoms with Crippen molar-refractivity contribution in [2.24, 2.45) is 0 Å². The molecule has 1 aliphatic heterocycles. The maximum Gasteiger partial charge on any atom is 0.258 e. The van der Waals surface area contributed by atoms with Gasteiger partial charge in [-0.15, -0.1) is 0 Å². The van der Waals surface area contributed by atoms with Crippen LogP contribution >= 0.6 is 11.6 Å². The van der Waals surface area contributed by atoms with Crippen molar-refractivity contribution < 1.29 is 9.59 Å². The summed E-state index contributed by atoms with van der Waals surface area (Å²) in [4.78, 5) is 22.4. The second-order valence-electron chi connectivity index (χ2n) is 3.34. The Bertz CT molecular complexity index is 491. The Kier molecular flexibility index (Phi) is 2.32. The van der Waals surface area contributed by atoms with Gasteiger partial charge in [0.1, 0.15) is 0 Å². The van der Waals surface area contributed by atoms with E-state index in [1.165, 1.54) is 6.08 Å². The first-order valence-corrected chi connectivity index (χ1v) is 4.79. The van der Waals surface area contributed by atoms with Crippen LogP contribution in [0, 0.1) is 6.92 Å². The van der Waals surface area contributed by atoms with E-state index < -0.39 is 0 Å². The van der Waals surface area contributed by atoms with E-state index in [0.717, 1.165) is 11.1 Å². The quantitative estimate of drug-likeness (QED) is 0.734. The molecule has 1 aliphatic rings. The van der Waals surface area contributed by atoms with Crippen LogP contribution < -0.4 is 5.32 Å². The molecule has 0 saturated carbocycles. The zero-order valence-corrected chi connectivity index (χ0v) is 8.76. The molecule has 0 saturated heterocycles. The Hall–Kier alpha value is -1.61. The molecule has 76 valence electrons. The van der Waals surface area contributed by atoms with E-state index in [1.54, 1.807) is 18.2 Å². The van der Waals surface area contributed by atoms with Crippen LogP contribution in [0.4, 0.5) is 0 Å². The van der Waals surface area contributed by atoms with Gasteiger partial charge in [0.25, 0.3) is 11.8 Å². The van der Waals surface area contributed by atoms with Crippen molar-refractivity contribution in [2.45, 2.75) is 6.92 Å². The van der Waals surface area contributed by atoms with E-state index in [1.807, 2.05) is 6.92 Å². The summed E-state index contributed by atoms with van der Waals surface area (Å²) in [6, 6.07) is 5.19. The average Bonchev–Trinajstić information content (AvgIpc) is 2.45. The number of amides is 2. The summed E-state index contributed by atoms with van der Waals surface area (Å²) in [7, 11) is 0. The van der Waals surface area contributed by atoms with Gasteiger partial charge in [0.05, 0.1) is 5.57 Å². The third-order valence-corrected chi connectivity index (χ3v) is 2.47. The lowest BCUT2D eigenvalue weighted by molar-refractivity contribution is -0.123. The molecule has 1 aromatic rings. The molecule has 1 aromatic carbocycles. The number of aryl methyl sites for hydroxylation is 1. The van der Waals surface area contributed by atoms with Gasteiger partial charge in [0, 0.05) is 11.1 Å². The third kappa shape index (κ3) is 1.78. The van der Waals surface area contributed by atoms with Crippen molar-refractivity contribution in [3.63, 3.8) is 0 Å². The lowest BCUT2D eigenvalue weighted by Crippen LogP contribution is -2.21. The van der Waals surface area contributed by atoms with Crippen LogP contribution in [0.3, 0.4) is 0 Å². The van der Waals surface area contributed by atoms with Gasteiger partial charge in [-0.1, -0.05) is 17.7 Å². The Morgan fingerprint density at radius 2 is 2.00 bits per heavy atom. The monoisotopic (exact) mass is 221 g/mol. The summed E-state index contributed by atoms with van der Waals surface area (Å²) in [5.41, 5.74) is 2.01. The van der Waals surface area contributed by atoms with Crippen molar-refractivity contribution in [1.29, 1.82) is 0 Å². The fourth-order valence-electron chi connectivity index (χ4n) is 1.54. The molecule has 0 spiro atoms. The summed E-state index contributed by atoms with van der Waals surface area (Å²) in [5.74, 6) is -0.727. The van der Waals surface area contributed by atoms with Gasteiger partial charge < -0.3 is 0 Å². The number of hydrogen-bond acceptors (Lipinski definition) is 2. The predicted octanol–water partition coefficient (Wildman–Crippen LogP) is 1.69. The van der Waals surface area contributed by atoms with Crippen molar-refractivity contribution in [3.05, 3.63) is 40.4 Å². The minimum Gasteiger partial charge on any atom is -0.289 e. The first-order valence-electron chi connectivity index (χ1n) is 4.41. The molecule has 3 nitrogen and oxygen atoms in total. The highest BCUT2D eigenvalue weighted by atomic mass is 35.5. The predicted molar refractivity (Wildman–Crippen MR) is 57.3 cm³/mol. The highest BCUT2D eigenvalue weighted by Gasteiger charge is 2.22. The lowest BCUT2D eigenvalue weighted by Gasteiger charge is -2.04. The molecule has 0 unspecified atom stereocenters. The largest absolute Gasteiger partial charge is 0.289 e. The number of imide groups is 1. The highest BCUT2D eigenvalue weighted by molar-refractivity contribution is 6.34. The number of nitrogens with one attached hydrogen (secondary N) is 1. The van der Waals surface area contributed by atoms with Gasteiger partial charge >= 0.3 is 0 Å². The number of rotatable bonds is 1. The van der Waals surface area contributed by atoms with E-state index >= 15 is 0 Å². The van der Waals surface area contributed by atoms with E-state index in [0.29, 0.717) is 10.6 Å². The van der Waals surface area contributed by atoms with Gasteiger partial charge in [0.15, 0.2) is 0 Å². The van der Waals surface area contributed by atoms with Crippen LogP contribution in [0.15, 0.2) is 24.3 Å². The highest BCUT2D eigenvalue weighted by Crippen LogP contribution is 2.24. The molecule has 4 heteroatoms. The first-order chi connectivity index (χ1) is 7.08. The molecule has 0 fully saturated rings. The van der Waals surface area contributed by atoms with Gasteiger partial charge in [-0.3, -0.25) is 14.9 Å². The molecule has 0 aliphatic carbocycles. The minimum atomic E-state index is -0.371. The standard InChI is InChI=1S/C11H8ClNO2/c1-6-4-7(12)2-3-8(6)9-5-10(14)13-11(9)15/h2-5H,1H3,(H,13,14,15). The van der Waals surface area contributed by atoms with Crippen molar-refractivity contribution in [3.8, 4) is 0 Å². The van der Waals surface area contributed by atoms with Gasteiger partial charge in [-0.25, -0.2) is 0 Å². The third-order valence-electron chi connectivity index (χ3n) is 2.24. The normalized spacial score (nSPS) is 15.2. The Labute approximate surface area is 91.7 Å². The van der Waals surface area contributed by atoms with Gasteiger partial charge in [-0.2, -0.15) is 0 Å². The lowest BCUT2D eigenvalue weighted by atomic mass is 10.0. The zero-order valence-electron chi connectivity index (χ0n) is 8.00. The number of benzene rings is 1. The Morgan fingerprint density at radius 1 is 1.27 bits per heavy atom. The zero-order chi connectivity index (χ0) is 11.0. The molecule has 15 heavy (non-hydrogen) atoms. The molecule has 2 amide bonds. The molecular formula is C11H8ClNO2. The second-order valence-corrected chi connectivity index (χ2v) is 3.77. The summed E-state index contributed by atoms with van der Waals surface area (Å²) < 4.78 is 0. The Morgan fingerprint density at radius 3 is 2.53 bits per heavy atom. The van der Waals surface area contributed by atoms with Crippen LogP contribution in [0.5, 0.6) is 0 Å². The van der Waals surface area contributed by atoms with Crippen LogP contribution in [-0.2, 0) is 9.59 Å². The van der Waals surface area contributed by atoms with Crippen LogP contribution in [-0.4, -0.2) is 11.8 Å². The smallest absolute Gasteiger partial charge is 0.258 e. The average molecular weight is 222 g/mol. The van der Waals surface area contributed by atoms with Crippen molar-refractivity contribution in [2.75, 3.05) is 0 Å². The summed E-state index contributed by atoms with van der Waals surface area (Å²) in [6.45, 7) is 1.85. The fourth-order valence-corrected chi connectivity index (χ4v) is 1.77. The summed E-state index contributed by atoms with van der Waals surface area (Å²) in [6.07, 6.45) is 1.30. The van der Waals surface area contributed by atoms with Crippen LogP contribution in [0.25, 0.3) is 5.57 Å². The molecule has 1 N–H and O–H groups in total. The topological polar surface area (TPSA) is 46.2 Å². The molecule has 0 radical (unpaired) electrons. The molecule has 0 bridgehead atoms. The number of hydrogen-bond donors (Lipinski definition) is 1. The van der Waals surface area contributed by atoms with Crippen LogP contribution in [0.2, 0.25) is 5.02 Å². The SMILES string of the molecule is Cc1cc(Cl)ccc1C1=CC(=O)NC1=O. The summed E-state index contributed by atoms with van der Waals surface area (Å²) >= 11 is 5.80. The maximum atomic E-state index is 11.4. The van der Waals surface area contributed by atoms with Crippen molar-refractivity contribution in [1.82, 2.24) is 5.32 Å². The van der Waals surface area contributed by atoms with Gasteiger partial charge in [-0.05, 0) is 30.2 Å². The van der Waals surface area contributed by atoms with Gasteiger partial charge in [0.2, 0.25) is 0 Å².